The van der Waals surface area contributed by atoms with Crippen LogP contribution in [0, 0.1) is 0 Å². The SMILES string of the molecule is CN(C)C1C[N+](C)(C)C1. The summed E-state index contributed by atoms with van der Waals surface area (Å²) in [5.41, 5.74) is 0. The first-order chi connectivity index (χ1) is 4.01. The summed E-state index contributed by atoms with van der Waals surface area (Å²) in [7, 11) is 8.87. The fourth-order valence-corrected chi connectivity index (χ4v) is 1.41. The van der Waals surface area contributed by atoms with Crippen molar-refractivity contribution in [2.45, 2.75) is 6.04 Å². The second kappa shape index (κ2) is 1.96. The molecule has 1 heterocycles. The highest BCUT2D eigenvalue weighted by atomic mass is 15.4. The van der Waals surface area contributed by atoms with E-state index in [1.165, 1.54) is 17.6 Å². The maximum Gasteiger partial charge on any atom is 0.108 e. The molecule has 9 heavy (non-hydrogen) atoms. The minimum atomic E-state index is 0.833. The van der Waals surface area contributed by atoms with Crippen LogP contribution in [0.2, 0.25) is 0 Å². The van der Waals surface area contributed by atoms with E-state index in [4.69, 9.17) is 0 Å². The largest absolute Gasteiger partial charge is 0.325 e. The molecule has 0 aromatic carbocycles. The molecule has 1 aliphatic rings. The van der Waals surface area contributed by atoms with Gasteiger partial charge in [-0.2, -0.15) is 0 Å². The molecule has 0 aromatic rings. The van der Waals surface area contributed by atoms with E-state index in [0.717, 1.165) is 6.04 Å². The molecule has 1 fully saturated rings. The van der Waals surface area contributed by atoms with Gasteiger partial charge in [0.05, 0.1) is 27.2 Å². The van der Waals surface area contributed by atoms with E-state index in [1.807, 2.05) is 0 Å². The number of rotatable bonds is 1. The summed E-state index contributed by atoms with van der Waals surface area (Å²) >= 11 is 0. The normalized spacial score (nSPS) is 26.3. The quantitative estimate of drug-likeness (QED) is 0.451. The molecule has 1 rings (SSSR count). The molecule has 0 unspecified atom stereocenters. The van der Waals surface area contributed by atoms with Gasteiger partial charge in [0.1, 0.15) is 6.04 Å². The topological polar surface area (TPSA) is 3.24 Å². The average molecular weight is 129 g/mol. The fraction of sp³-hybridized carbons (Fsp3) is 1.00. The first-order valence-corrected chi connectivity index (χ1v) is 3.50. The molecule has 0 amide bonds. The van der Waals surface area contributed by atoms with E-state index in [2.05, 4.69) is 33.1 Å². The Kier molecular flexibility index (Phi) is 1.53. The van der Waals surface area contributed by atoms with Crippen molar-refractivity contribution >= 4 is 0 Å². The second-order valence-corrected chi connectivity index (χ2v) is 3.92. The van der Waals surface area contributed by atoms with Gasteiger partial charge in [-0.3, -0.25) is 4.90 Å². The van der Waals surface area contributed by atoms with Gasteiger partial charge in [0, 0.05) is 0 Å². The van der Waals surface area contributed by atoms with Crippen LogP contribution < -0.4 is 0 Å². The minimum Gasteiger partial charge on any atom is -0.325 e. The van der Waals surface area contributed by atoms with Crippen LogP contribution in [-0.4, -0.2) is 56.7 Å². The molecule has 0 spiro atoms. The van der Waals surface area contributed by atoms with Crippen molar-refractivity contribution in [1.82, 2.24) is 4.90 Å². The number of hydrogen-bond donors (Lipinski definition) is 0. The standard InChI is InChI=1S/C7H17N2/c1-8(2)7-5-9(3,4)6-7/h7H,5-6H2,1-4H3/q+1. The van der Waals surface area contributed by atoms with E-state index >= 15 is 0 Å². The lowest BCUT2D eigenvalue weighted by atomic mass is 10.1. The third-order valence-electron chi connectivity index (χ3n) is 2.14. The van der Waals surface area contributed by atoms with Crippen molar-refractivity contribution in [1.29, 1.82) is 0 Å². The van der Waals surface area contributed by atoms with E-state index in [0.29, 0.717) is 0 Å². The Morgan fingerprint density at radius 3 is 1.78 bits per heavy atom. The van der Waals surface area contributed by atoms with Crippen molar-refractivity contribution in [2.75, 3.05) is 41.3 Å². The zero-order valence-electron chi connectivity index (χ0n) is 6.89. The third-order valence-corrected chi connectivity index (χ3v) is 2.14. The van der Waals surface area contributed by atoms with Gasteiger partial charge in [0.15, 0.2) is 0 Å². The van der Waals surface area contributed by atoms with Gasteiger partial charge in [0.2, 0.25) is 0 Å². The molecule has 0 saturated carbocycles. The van der Waals surface area contributed by atoms with Gasteiger partial charge >= 0.3 is 0 Å². The molecule has 54 valence electrons. The Hall–Kier alpha value is -0.0800. The predicted octanol–water partition coefficient (Wildman–Crippen LogP) is 0.00660. The van der Waals surface area contributed by atoms with Crippen LogP contribution in [0.15, 0.2) is 0 Å². The highest BCUT2D eigenvalue weighted by Crippen LogP contribution is 2.16. The molecule has 0 N–H and O–H groups in total. The maximum absolute atomic E-state index is 2.31. The van der Waals surface area contributed by atoms with E-state index in [1.54, 1.807) is 0 Å². The number of quaternary nitrogens is 1. The Labute approximate surface area is 57.7 Å². The van der Waals surface area contributed by atoms with Crippen LogP contribution in [0.1, 0.15) is 0 Å². The van der Waals surface area contributed by atoms with Crippen LogP contribution in [0.3, 0.4) is 0 Å². The van der Waals surface area contributed by atoms with Gasteiger partial charge in [-0.15, -0.1) is 0 Å². The summed E-state index contributed by atoms with van der Waals surface area (Å²) in [6, 6.07) is 0.833. The highest BCUT2D eigenvalue weighted by Gasteiger charge is 2.37. The van der Waals surface area contributed by atoms with Crippen LogP contribution in [0.25, 0.3) is 0 Å². The molecule has 0 atom stereocenters. The summed E-state index contributed by atoms with van der Waals surface area (Å²) in [6.07, 6.45) is 0. The van der Waals surface area contributed by atoms with Gasteiger partial charge in [-0.1, -0.05) is 0 Å². The number of nitrogens with zero attached hydrogens (tertiary/aromatic N) is 2. The van der Waals surface area contributed by atoms with Crippen molar-refractivity contribution < 1.29 is 4.48 Å². The summed E-state index contributed by atoms with van der Waals surface area (Å²) in [5, 5.41) is 0. The number of likely N-dealkylation sites (N-methyl/N-ethyl adjacent to an activating group) is 2. The molecular weight excluding hydrogens is 112 g/mol. The predicted molar refractivity (Wildman–Crippen MR) is 39.3 cm³/mol. The van der Waals surface area contributed by atoms with Gasteiger partial charge in [-0.05, 0) is 14.1 Å². The minimum absolute atomic E-state index is 0.833. The smallest absolute Gasteiger partial charge is 0.108 e. The fourth-order valence-electron chi connectivity index (χ4n) is 1.41. The molecule has 0 radical (unpaired) electrons. The summed E-state index contributed by atoms with van der Waals surface area (Å²) < 4.78 is 1.20. The summed E-state index contributed by atoms with van der Waals surface area (Å²) in [4.78, 5) is 2.31. The van der Waals surface area contributed by atoms with Crippen LogP contribution in [0.4, 0.5) is 0 Å². The Bertz CT molecular complexity index is 99.5. The lowest BCUT2D eigenvalue weighted by molar-refractivity contribution is -0.933. The molecule has 0 bridgehead atoms. The van der Waals surface area contributed by atoms with Gasteiger partial charge < -0.3 is 4.48 Å². The molecule has 0 aromatic heterocycles. The zero-order valence-corrected chi connectivity index (χ0v) is 6.89. The highest BCUT2D eigenvalue weighted by molar-refractivity contribution is 4.72. The van der Waals surface area contributed by atoms with Crippen molar-refractivity contribution in [3.63, 3.8) is 0 Å². The lowest BCUT2D eigenvalue weighted by Gasteiger charge is -2.47. The lowest BCUT2D eigenvalue weighted by Crippen LogP contribution is -2.65. The molecular formula is C7H17N2+. The van der Waals surface area contributed by atoms with Gasteiger partial charge in [0.25, 0.3) is 0 Å². The summed E-state index contributed by atoms with van der Waals surface area (Å²) in [5.74, 6) is 0. The second-order valence-electron chi connectivity index (χ2n) is 3.92. The average Bonchev–Trinajstić information content (AvgIpc) is 1.59. The molecule has 2 heteroatoms. The third kappa shape index (κ3) is 1.43. The van der Waals surface area contributed by atoms with Gasteiger partial charge in [-0.25, -0.2) is 0 Å². The van der Waals surface area contributed by atoms with Crippen LogP contribution in [-0.2, 0) is 0 Å². The molecule has 2 nitrogen and oxygen atoms in total. The monoisotopic (exact) mass is 129 g/mol. The number of hydrogen-bond acceptors (Lipinski definition) is 1. The van der Waals surface area contributed by atoms with Crippen LogP contribution in [0.5, 0.6) is 0 Å². The Morgan fingerprint density at radius 1 is 1.22 bits per heavy atom. The number of likely N-dealkylation sites (tertiary alicyclic amines) is 1. The Balaban J connectivity index is 2.27. The Morgan fingerprint density at radius 2 is 1.67 bits per heavy atom. The summed E-state index contributed by atoms with van der Waals surface area (Å²) in [6.45, 7) is 2.62. The zero-order chi connectivity index (χ0) is 7.07. The maximum atomic E-state index is 2.31. The van der Waals surface area contributed by atoms with E-state index in [-0.39, 0.29) is 0 Å². The van der Waals surface area contributed by atoms with Crippen LogP contribution >= 0.6 is 0 Å². The van der Waals surface area contributed by atoms with Crippen molar-refractivity contribution in [3.05, 3.63) is 0 Å². The van der Waals surface area contributed by atoms with Crippen molar-refractivity contribution in [3.8, 4) is 0 Å². The molecule has 0 aliphatic carbocycles. The first kappa shape index (κ1) is 7.03. The van der Waals surface area contributed by atoms with E-state index < -0.39 is 0 Å². The first-order valence-electron chi connectivity index (χ1n) is 3.50. The molecule has 1 saturated heterocycles. The van der Waals surface area contributed by atoms with Crippen molar-refractivity contribution in [2.24, 2.45) is 0 Å². The van der Waals surface area contributed by atoms with E-state index in [9.17, 15) is 0 Å². The molecule has 1 aliphatic heterocycles.